The van der Waals surface area contributed by atoms with E-state index in [9.17, 15) is 4.79 Å². The fourth-order valence-electron chi connectivity index (χ4n) is 0.976. The van der Waals surface area contributed by atoms with E-state index >= 15 is 0 Å². The minimum atomic E-state index is 0.578. The first kappa shape index (κ1) is 8.96. The maximum Gasteiger partial charge on any atom is 0.171 e. The lowest BCUT2D eigenvalue weighted by molar-refractivity contribution is 0.112. The zero-order chi connectivity index (χ0) is 9.80. The summed E-state index contributed by atoms with van der Waals surface area (Å²) in [4.78, 5) is 21.7. The lowest BCUT2D eigenvalue weighted by Crippen LogP contribution is -1.88. The van der Waals surface area contributed by atoms with Crippen LogP contribution in [0.15, 0.2) is 40.9 Å². The van der Waals surface area contributed by atoms with Crippen LogP contribution in [-0.4, -0.2) is 21.2 Å². The van der Waals surface area contributed by atoms with Crippen molar-refractivity contribution in [3.05, 3.63) is 36.3 Å². The maximum absolute atomic E-state index is 10.7. The third-order valence-electron chi connectivity index (χ3n) is 1.59. The molecule has 1 N–H and O–H groups in total. The van der Waals surface area contributed by atoms with Gasteiger partial charge in [0.25, 0.3) is 0 Å². The quantitative estimate of drug-likeness (QED) is 0.776. The summed E-state index contributed by atoms with van der Waals surface area (Å²) in [6, 6.07) is 3.46. The molecule has 0 atom stereocenters. The summed E-state index contributed by atoms with van der Waals surface area (Å²) in [6.45, 7) is 0. The van der Waals surface area contributed by atoms with Crippen molar-refractivity contribution in [1.82, 2.24) is 15.0 Å². The SMILES string of the molecule is O=Cc1cccnc1Sc1ncc[nH]1. The van der Waals surface area contributed by atoms with Crippen molar-refractivity contribution in [3.8, 4) is 0 Å². The Morgan fingerprint density at radius 3 is 3.00 bits per heavy atom. The Labute approximate surface area is 84.8 Å². The minimum absolute atomic E-state index is 0.578. The molecule has 2 heterocycles. The van der Waals surface area contributed by atoms with E-state index in [1.807, 2.05) is 0 Å². The molecule has 0 bridgehead atoms. The molecule has 0 saturated heterocycles. The molecule has 0 radical (unpaired) electrons. The summed E-state index contributed by atoms with van der Waals surface area (Å²) in [7, 11) is 0. The highest BCUT2D eigenvalue weighted by Crippen LogP contribution is 2.24. The summed E-state index contributed by atoms with van der Waals surface area (Å²) in [5.41, 5.74) is 0.578. The van der Waals surface area contributed by atoms with Gasteiger partial charge in [0, 0.05) is 24.2 Å². The Bertz CT molecular complexity index is 427. The van der Waals surface area contributed by atoms with Crippen LogP contribution in [0.2, 0.25) is 0 Å². The molecule has 70 valence electrons. The van der Waals surface area contributed by atoms with Gasteiger partial charge in [0.15, 0.2) is 11.4 Å². The van der Waals surface area contributed by atoms with E-state index in [1.54, 1.807) is 30.7 Å². The molecule has 0 aliphatic heterocycles. The van der Waals surface area contributed by atoms with E-state index in [-0.39, 0.29) is 0 Å². The van der Waals surface area contributed by atoms with Crippen LogP contribution in [0.3, 0.4) is 0 Å². The van der Waals surface area contributed by atoms with Crippen LogP contribution in [0, 0.1) is 0 Å². The van der Waals surface area contributed by atoms with Crippen LogP contribution >= 0.6 is 11.8 Å². The van der Waals surface area contributed by atoms with Gasteiger partial charge in [-0.3, -0.25) is 4.79 Å². The van der Waals surface area contributed by atoms with Gasteiger partial charge in [0.2, 0.25) is 0 Å². The molecule has 4 nitrogen and oxygen atoms in total. The molecule has 2 aromatic heterocycles. The molecule has 14 heavy (non-hydrogen) atoms. The average molecular weight is 205 g/mol. The summed E-state index contributed by atoms with van der Waals surface area (Å²) >= 11 is 1.34. The highest BCUT2D eigenvalue weighted by molar-refractivity contribution is 7.99. The third-order valence-corrected chi connectivity index (χ3v) is 2.55. The van der Waals surface area contributed by atoms with Gasteiger partial charge >= 0.3 is 0 Å². The first-order valence-corrected chi connectivity index (χ1v) is 4.79. The van der Waals surface area contributed by atoms with Crippen molar-refractivity contribution in [2.75, 3.05) is 0 Å². The molecule has 0 amide bonds. The number of carbonyl (C=O) groups excluding carboxylic acids is 1. The highest BCUT2D eigenvalue weighted by atomic mass is 32.2. The molecule has 0 unspecified atom stereocenters. The largest absolute Gasteiger partial charge is 0.339 e. The van der Waals surface area contributed by atoms with Crippen molar-refractivity contribution in [2.45, 2.75) is 10.2 Å². The number of nitrogens with zero attached hydrogens (tertiary/aromatic N) is 2. The van der Waals surface area contributed by atoms with Crippen LogP contribution in [0.5, 0.6) is 0 Å². The van der Waals surface area contributed by atoms with E-state index in [1.165, 1.54) is 11.8 Å². The number of aldehydes is 1. The number of pyridine rings is 1. The number of H-pyrrole nitrogens is 1. The number of rotatable bonds is 3. The number of nitrogens with one attached hydrogen (secondary N) is 1. The lowest BCUT2D eigenvalue weighted by atomic mass is 10.3. The zero-order valence-corrected chi connectivity index (χ0v) is 7.99. The van der Waals surface area contributed by atoms with Crippen molar-refractivity contribution in [3.63, 3.8) is 0 Å². The smallest absolute Gasteiger partial charge is 0.171 e. The normalized spacial score (nSPS) is 10.0. The van der Waals surface area contributed by atoms with Crippen molar-refractivity contribution < 1.29 is 4.79 Å². The van der Waals surface area contributed by atoms with E-state index < -0.39 is 0 Å². The lowest BCUT2D eigenvalue weighted by Gasteiger charge is -1.98. The standard InChI is InChI=1S/C9H7N3OS/c13-6-7-2-1-3-10-8(7)14-9-11-4-5-12-9/h1-6H,(H,11,12). The van der Waals surface area contributed by atoms with Gasteiger partial charge in [-0.05, 0) is 23.9 Å². The van der Waals surface area contributed by atoms with Gasteiger partial charge in [-0.2, -0.15) is 0 Å². The molecule has 2 rings (SSSR count). The van der Waals surface area contributed by atoms with E-state index in [4.69, 9.17) is 0 Å². The maximum atomic E-state index is 10.7. The second kappa shape index (κ2) is 4.06. The van der Waals surface area contributed by atoms with Gasteiger partial charge in [0.1, 0.15) is 5.03 Å². The molecule has 0 aliphatic rings. The molecular weight excluding hydrogens is 198 g/mol. The molecule has 2 aromatic rings. The summed E-state index contributed by atoms with van der Waals surface area (Å²) in [5, 5.41) is 1.39. The fraction of sp³-hybridized carbons (Fsp3) is 0. The number of aromatic nitrogens is 3. The molecule has 0 saturated carbocycles. The molecular formula is C9H7N3OS. The van der Waals surface area contributed by atoms with Crippen LogP contribution in [0.1, 0.15) is 10.4 Å². The van der Waals surface area contributed by atoms with Crippen molar-refractivity contribution in [1.29, 1.82) is 0 Å². The highest BCUT2D eigenvalue weighted by Gasteiger charge is 2.05. The van der Waals surface area contributed by atoms with Crippen LogP contribution in [0.4, 0.5) is 0 Å². The molecule has 0 aromatic carbocycles. The van der Waals surface area contributed by atoms with E-state index in [0.717, 1.165) is 11.4 Å². The van der Waals surface area contributed by atoms with Crippen LogP contribution < -0.4 is 0 Å². The van der Waals surface area contributed by atoms with Gasteiger partial charge in [-0.1, -0.05) is 0 Å². The topological polar surface area (TPSA) is 58.6 Å². The van der Waals surface area contributed by atoms with Crippen molar-refractivity contribution >= 4 is 18.0 Å². The van der Waals surface area contributed by atoms with Crippen LogP contribution in [-0.2, 0) is 0 Å². The van der Waals surface area contributed by atoms with Crippen LogP contribution in [0.25, 0.3) is 0 Å². The second-order valence-corrected chi connectivity index (χ2v) is 3.49. The predicted octanol–water partition coefficient (Wildman–Crippen LogP) is 1.77. The molecule has 0 fully saturated rings. The van der Waals surface area contributed by atoms with E-state index in [0.29, 0.717) is 10.6 Å². The summed E-state index contributed by atoms with van der Waals surface area (Å²) < 4.78 is 0. The summed E-state index contributed by atoms with van der Waals surface area (Å²) in [6.07, 6.45) is 5.83. The average Bonchev–Trinajstić information content (AvgIpc) is 2.71. The monoisotopic (exact) mass is 205 g/mol. The Morgan fingerprint density at radius 1 is 1.36 bits per heavy atom. The second-order valence-electron chi connectivity index (χ2n) is 2.51. The zero-order valence-electron chi connectivity index (χ0n) is 7.18. The number of hydrogen-bond acceptors (Lipinski definition) is 4. The minimum Gasteiger partial charge on any atom is -0.339 e. The Morgan fingerprint density at radius 2 is 2.29 bits per heavy atom. The van der Waals surface area contributed by atoms with E-state index in [2.05, 4.69) is 15.0 Å². The Kier molecular flexibility index (Phi) is 2.60. The number of carbonyl (C=O) groups is 1. The molecule has 0 spiro atoms. The Balaban J connectivity index is 2.28. The third kappa shape index (κ3) is 1.82. The first-order valence-electron chi connectivity index (χ1n) is 3.97. The van der Waals surface area contributed by atoms with Gasteiger partial charge < -0.3 is 4.98 Å². The van der Waals surface area contributed by atoms with Gasteiger partial charge in [-0.15, -0.1) is 0 Å². The summed E-state index contributed by atoms with van der Waals surface area (Å²) in [5.74, 6) is 0. The number of aromatic amines is 1. The van der Waals surface area contributed by atoms with Gasteiger partial charge in [-0.25, -0.2) is 9.97 Å². The number of imidazole rings is 1. The first-order chi connectivity index (χ1) is 6.90. The molecule has 0 aliphatic carbocycles. The fourth-order valence-corrected chi connectivity index (χ4v) is 1.75. The van der Waals surface area contributed by atoms with Gasteiger partial charge in [0.05, 0.1) is 0 Å². The number of hydrogen-bond donors (Lipinski definition) is 1. The molecule has 5 heteroatoms. The predicted molar refractivity (Wildman–Crippen MR) is 52.3 cm³/mol. The Hall–Kier alpha value is -1.62. The van der Waals surface area contributed by atoms with Crippen molar-refractivity contribution in [2.24, 2.45) is 0 Å².